The van der Waals surface area contributed by atoms with Crippen LogP contribution < -0.4 is 14.4 Å². The Balaban J connectivity index is 1.40. The summed E-state index contributed by atoms with van der Waals surface area (Å²) in [5.41, 5.74) is -2.19. The first-order valence-corrected chi connectivity index (χ1v) is 18.2. The van der Waals surface area contributed by atoms with Crippen LogP contribution in [0.15, 0.2) is 65.6 Å². The Hall–Kier alpha value is -4.58. The Morgan fingerprint density at radius 2 is 1.70 bits per heavy atom. The number of halogens is 2. The number of sulfonamides is 1. The number of anilines is 1. The van der Waals surface area contributed by atoms with E-state index in [1.54, 1.807) is 36.1 Å². The lowest BCUT2D eigenvalue weighted by Crippen LogP contribution is -2.60. The molecule has 3 heterocycles. The van der Waals surface area contributed by atoms with Gasteiger partial charge in [-0.3, -0.25) is 14.6 Å². The summed E-state index contributed by atoms with van der Waals surface area (Å²) in [5.74, 6) is -3.33. The maximum Gasteiger partial charge on any atom is 0.318 e. The van der Waals surface area contributed by atoms with Gasteiger partial charge in [0.2, 0.25) is 0 Å². The third kappa shape index (κ3) is 6.18. The summed E-state index contributed by atoms with van der Waals surface area (Å²) in [7, 11) is -5.02. The molecular formula is C36H40F2N6O5S. The normalized spacial score (nSPS) is 20.5. The highest BCUT2D eigenvalue weighted by Gasteiger charge is 2.59. The average Bonchev–Trinajstić information content (AvgIpc) is 3.36. The van der Waals surface area contributed by atoms with Gasteiger partial charge in [0.15, 0.2) is 5.54 Å². The van der Waals surface area contributed by atoms with Crippen LogP contribution in [0.3, 0.4) is 0 Å². The molecule has 1 unspecified atom stereocenters. The molecule has 0 radical (unpaired) electrons. The van der Waals surface area contributed by atoms with Crippen molar-refractivity contribution in [2.75, 3.05) is 50.2 Å². The third-order valence-electron chi connectivity index (χ3n) is 9.90. The van der Waals surface area contributed by atoms with E-state index in [0.717, 1.165) is 38.3 Å². The van der Waals surface area contributed by atoms with Gasteiger partial charge in [0.05, 0.1) is 23.9 Å². The first kappa shape index (κ1) is 35.3. The first-order valence-electron chi connectivity index (χ1n) is 16.8. The van der Waals surface area contributed by atoms with Crippen molar-refractivity contribution in [2.24, 2.45) is 0 Å². The number of piperazine rings is 1. The van der Waals surface area contributed by atoms with E-state index in [1.165, 1.54) is 18.2 Å². The van der Waals surface area contributed by atoms with Crippen molar-refractivity contribution in [2.45, 2.75) is 56.1 Å². The molecule has 0 aliphatic carbocycles. The lowest BCUT2D eigenvalue weighted by Gasteiger charge is -2.44. The molecule has 2 saturated heterocycles. The summed E-state index contributed by atoms with van der Waals surface area (Å²) in [6, 6.07) is 14.5. The highest BCUT2D eigenvalue weighted by Crippen LogP contribution is 2.49. The number of likely N-dealkylation sites (tertiary alicyclic amines) is 1. The summed E-state index contributed by atoms with van der Waals surface area (Å²) >= 11 is 0. The van der Waals surface area contributed by atoms with Crippen LogP contribution in [0.25, 0.3) is 0 Å². The lowest BCUT2D eigenvalue weighted by atomic mass is 9.82. The van der Waals surface area contributed by atoms with Crippen molar-refractivity contribution in [3.05, 3.63) is 89.0 Å². The summed E-state index contributed by atoms with van der Waals surface area (Å²) in [6.45, 7) is 10.9. The standard InChI is InChI=1S/C36H40F2N6O5S/c1-4-49-32-8-6-5-7-28(32)36(40-35(46)43-15-13-27(14-16-43)42-19-17-41(18-20-42)24(2)3)29-21-25(23-39)9-11-31(29)44(34(36)45)50(47,48)33-12-10-26(37)22-30(33)38/h5-12,21-22,24,27H,4,13-20H2,1-3H3,(H,40,46). The maximum atomic E-state index is 15.1. The van der Waals surface area contributed by atoms with Crippen LogP contribution in [-0.2, 0) is 20.4 Å². The van der Waals surface area contributed by atoms with Crippen LogP contribution in [0.1, 0.15) is 50.3 Å². The third-order valence-corrected chi connectivity index (χ3v) is 11.6. The highest BCUT2D eigenvalue weighted by atomic mass is 32.2. The van der Waals surface area contributed by atoms with Gasteiger partial charge < -0.3 is 15.0 Å². The number of para-hydroxylation sites is 1. The number of ether oxygens (including phenoxy) is 1. The molecule has 3 aliphatic heterocycles. The van der Waals surface area contributed by atoms with E-state index in [4.69, 9.17) is 4.74 Å². The fourth-order valence-electron chi connectivity index (χ4n) is 7.28. The monoisotopic (exact) mass is 706 g/mol. The number of rotatable bonds is 8. The van der Waals surface area contributed by atoms with E-state index in [0.29, 0.717) is 48.4 Å². The Morgan fingerprint density at radius 1 is 1.00 bits per heavy atom. The van der Waals surface area contributed by atoms with E-state index in [9.17, 15) is 27.7 Å². The zero-order chi connectivity index (χ0) is 35.8. The number of fused-ring (bicyclic) bond motifs is 1. The predicted molar refractivity (Wildman–Crippen MR) is 182 cm³/mol. The van der Waals surface area contributed by atoms with Gasteiger partial charge in [0.25, 0.3) is 15.9 Å². The van der Waals surface area contributed by atoms with Crippen molar-refractivity contribution < 1.29 is 31.5 Å². The molecule has 50 heavy (non-hydrogen) atoms. The van der Waals surface area contributed by atoms with Crippen molar-refractivity contribution in [1.82, 2.24) is 20.0 Å². The maximum absolute atomic E-state index is 15.1. The summed E-state index contributed by atoms with van der Waals surface area (Å²) in [6.07, 6.45) is 1.43. The van der Waals surface area contributed by atoms with Gasteiger partial charge in [-0.05, 0) is 70.0 Å². The second kappa shape index (κ2) is 14.0. The second-order valence-electron chi connectivity index (χ2n) is 13.0. The number of hydrogen-bond donors (Lipinski definition) is 1. The van der Waals surface area contributed by atoms with E-state index in [-0.39, 0.29) is 34.7 Å². The molecule has 0 saturated carbocycles. The number of carbonyl (C=O) groups excluding carboxylic acids is 2. The van der Waals surface area contributed by atoms with Crippen molar-refractivity contribution >= 4 is 27.6 Å². The number of hydrogen-bond acceptors (Lipinski definition) is 8. The van der Waals surface area contributed by atoms with Crippen LogP contribution in [0.2, 0.25) is 0 Å². The Kier molecular flexibility index (Phi) is 9.85. The zero-order valence-corrected chi connectivity index (χ0v) is 29.1. The Bertz CT molecular complexity index is 1940. The van der Waals surface area contributed by atoms with Gasteiger partial charge in [-0.15, -0.1) is 0 Å². The molecule has 0 bridgehead atoms. The number of nitriles is 1. The molecule has 1 N–H and O–H groups in total. The largest absolute Gasteiger partial charge is 0.493 e. The van der Waals surface area contributed by atoms with Crippen LogP contribution in [0.4, 0.5) is 19.3 Å². The number of benzene rings is 3. The number of amides is 3. The topological polar surface area (TPSA) is 126 Å². The Morgan fingerprint density at radius 3 is 2.34 bits per heavy atom. The van der Waals surface area contributed by atoms with Crippen molar-refractivity contribution in [1.29, 1.82) is 5.26 Å². The molecular weight excluding hydrogens is 666 g/mol. The van der Waals surface area contributed by atoms with Gasteiger partial charge >= 0.3 is 6.03 Å². The molecule has 11 nitrogen and oxygen atoms in total. The van der Waals surface area contributed by atoms with Crippen molar-refractivity contribution in [3.8, 4) is 11.8 Å². The van der Waals surface area contributed by atoms with Crippen LogP contribution in [0.5, 0.6) is 5.75 Å². The van der Waals surface area contributed by atoms with Gasteiger partial charge in [0, 0.05) is 68.5 Å². The second-order valence-corrected chi connectivity index (χ2v) is 14.7. The molecule has 3 aromatic carbocycles. The number of nitrogens with one attached hydrogen (secondary N) is 1. The molecule has 0 aromatic heterocycles. The first-order chi connectivity index (χ1) is 23.9. The van der Waals surface area contributed by atoms with E-state index in [1.807, 2.05) is 6.07 Å². The number of nitrogens with zero attached hydrogens (tertiary/aromatic N) is 5. The SMILES string of the molecule is CCOc1ccccc1C1(NC(=O)N2CCC(N3CCN(C(C)C)CC3)CC2)C(=O)N(S(=O)(=O)c2ccc(F)cc2F)c2ccc(C#N)cc21. The quantitative estimate of drug-likeness (QED) is 0.365. The number of piperidine rings is 1. The smallest absolute Gasteiger partial charge is 0.318 e. The molecule has 1 atom stereocenters. The lowest BCUT2D eigenvalue weighted by molar-refractivity contribution is -0.121. The summed E-state index contributed by atoms with van der Waals surface area (Å²) in [4.78, 5) is 34.8. The molecule has 3 aromatic rings. The molecule has 264 valence electrons. The van der Waals surface area contributed by atoms with Crippen LogP contribution in [0, 0.1) is 23.0 Å². The Labute approximate surface area is 291 Å². The van der Waals surface area contributed by atoms with E-state index in [2.05, 4.69) is 29.0 Å². The fourth-order valence-corrected chi connectivity index (χ4v) is 8.80. The van der Waals surface area contributed by atoms with Crippen molar-refractivity contribution in [3.63, 3.8) is 0 Å². The van der Waals surface area contributed by atoms with E-state index < -0.39 is 44.0 Å². The predicted octanol–water partition coefficient (Wildman–Crippen LogP) is 4.41. The highest BCUT2D eigenvalue weighted by molar-refractivity contribution is 7.93. The van der Waals surface area contributed by atoms with Gasteiger partial charge in [0.1, 0.15) is 22.3 Å². The molecule has 0 spiro atoms. The van der Waals surface area contributed by atoms with Crippen LogP contribution in [-0.4, -0.2) is 93.0 Å². The summed E-state index contributed by atoms with van der Waals surface area (Å²) in [5, 5.41) is 12.8. The number of urea groups is 1. The minimum absolute atomic E-state index is 0.00828. The molecule has 6 rings (SSSR count). The minimum atomic E-state index is -5.02. The fraction of sp³-hybridized carbons (Fsp3) is 0.417. The van der Waals surface area contributed by atoms with E-state index >= 15 is 4.39 Å². The zero-order valence-electron chi connectivity index (χ0n) is 28.2. The summed E-state index contributed by atoms with van der Waals surface area (Å²) < 4.78 is 63.6. The minimum Gasteiger partial charge on any atom is -0.493 e. The van der Waals surface area contributed by atoms with Gasteiger partial charge in [-0.2, -0.15) is 9.57 Å². The molecule has 3 amide bonds. The average molecular weight is 707 g/mol. The van der Waals surface area contributed by atoms with Gasteiger partial charge in [-0.1, -0.05) is 18.2 Å². The number of carbonyl (C=O) groups is 2. The molecule has 3 aliphatic rings. The molecule has 2 fully saturated rings. The van der Waals surface area contributed by atoms with Gasteiger partial charge in [-0.25, -0.2) is 22.0 Å². The van der Waals surface area contributed by atoms with Crippen LogP contribution >= 0.6 is 0 Å². The molecule has 14 heteroatoms.